The molecule has 4 rings (SSSR count). The predicted octanol–water partition coefficient (Wildman–Crippen LogP) is 6.57. The topological polar surface area (TPSA) is 37.3 Å². The van der Waals surface area contributed by atoms with Crippen molar-refractivity contribution < 1.29 is 9.90 Å². The van der Waals surface area contributed by atoms with Gasteiger partial charge in [0.05, 0.1) is 6.10 Å². The molecule has 4 aliphatic rings. The van der Waals surface area contributed by atoms with Crippen LogP contribution in [0.2, 0.25) is 0 Å². The van der Waals surface area contributed by atoms with E-state index in [0.29, 0.717) is 29.6 Å². The van der Waals surface area contributed by atoms with Gasteiger partial charge >= 0.3 is 0 Å². The summed E-state index contributed by atoms with van der Waals surface area (Å²) in [6, 6.07) is 0. The number of hydrogen-bond donors (Lipinski definition) is 1. The van der Waals surface area contributed by atoms with Gasteiger partial charge in [-0.05, 0) is 90.9 Å². The van der Waals surface area contributed by atoms with Gasteiger partial charge in [0, 0.05) is 6.42 Å². The van der Waals surface area contributed by atoms with Crippen LogP contribution in [0.3, 0.4) is 0 Å². The van der Waals surface area contributed by atoms with Gasteiger partial charge in [0.15, 0.2) is 5.78 Å². The van der Waals surface area contributed by atoms with Crippen LogP contribution < -0.4 is 0 Å². The van der Waals surface area contributed by atoms with Gasteiger partial charge < -0.3 is 5.11 Å². The van der Waals surface area contributed by atoms with Crippen molar-refractivity contribution >= 4 is 5.78 Å². The SMILES string of the molecule is CC(C)CCC[C@H](C)[C@H]1CC[C@H]2[C@@H]3[C@H](O)CC4=CC(=O)CC[C@]4(C)[C@H]3CC[C@]12C. The molecule has 0 spiro atoms. The molecule has 3 saturated carbocycles. The van der Waals surface area contributed by atoms with Gasteiger partial charge in [-0.2, -0.15) is 0 Å². The Kier molecular flexibility index (Phi) is 5.82. The number of carbonyl (C=O) groups is 1. The third kappa shape index (κ3) is 3.56. The first-order chi connectivity index (χ1) is 13.7. The highest BCUT2D eigenvalue weighted by molar-refractivity contribution is 5.91. The Morgan fingerprint density at radius 2 is 1.83 bits per heavy atom. The van der Waals surface area contributed by atoms with Gasteiger partial charge in [0.2, 0.25) is 0 Å². The van der Waals surface area contributed by atoms with E-state index in [1.165, 1.54) is 50.5 Å². The van der Waals surface area contributed by atoms with Crippen molar-refractivity contribution in [3.8, 4) is 0 Å². The molecule has 0 aliphatic heterocycles. The van der Waals surface area contributed by atoms with Crippen LogP contribution in [0.1, 0.15) is 98.8 Å². The fourth-order valence-electron chi connectivity index (χ4n) is 8.55. The van der Waals surface area contributed by atoms with Crippen LogP contribution in [-0.2, 0) is 4.79 Å². The lowest BCUT2D eigenvalue weighted by Crippen LogP contribution is -2.55. The standard InChI is InChI=1S/C27H44O2/c1-17(2)7-6-8-18(3)21-9-10-22-25-23(12-14-27(21,22)5)26(4)13-11-20(28)15-19(26)16-24(25)29/h15,17-18,21-25,29H,6-14,16H2,1-5H3/t18-,21+,22-,23-,24+,25-,26-,27+/m0/s1. The minimum atomic E-state index is -0.246. The molecule has 2 heteroatoms. The van der Waals surface area contributed by atoms with E-state index in [9.17, 15) is 9.90 Å². The summed E-state index contributed by atoms with van der Waals surface area (Å²) >= 11 is 0. The van der Waals surface area contributed by atoms with Crippen molar-refractivity contribution in [1.29, 1.82) is 0 Å². The third-order valence-corrected chi connectivity index (χ3v) is 10.2. The van der Waals surface area contributed by atoms with E-state index in [0.717, 1.165) is 30.6 Å². The average molecular weight is 401 g/mol. The van der Waals surface area contributed by atoms with E-state index in [1.54, 1.807) is 0 Å². The Hall–Kier alpha value is -0.630. The third-order valence-electron chi connectivity index (χ3n) is 10.2. The summed E-state index contributed by atoms with van der Waals surface area (Å²) in [7, 11) is 0. The summed E-state index contributed by atoms with van der Waals surface area (Å²) in [6.45, 7) is 12.2. The lowest BCUT2D eigenvalue weighted by molar-refractivity contribution is -0.124. The lowest BCUT2D eigenvalue weighted by Gasteiger charge is -2.60. The van der Waals surface area contributed by atoms with Gasteiger partial charge in [-0.15, -0.1) is 0 Å². The fraction of sp³-hybridized carbons (Fsp3) is 0.889. The minimum absolute atomic E-state index is 0.153. The van der Waals surface area contributed by atoms with Gasteiger partial charge in [-0.25, -0.2) is 0 Å². The van der Waals surface area contributed by atoms with E-state index in [4.69, 9.17) is 0 Å². The second-order valence-electron chi connectivity index (χ2n) is 12.1. The van der Waals surface area contributed by atoms with Crippen molar-refractivity contribution in [3.63, 3.8) is 0 Å². The zero-order valence-corrected chi connectivity index (χ0v) is 19.5. The number of fused-ring (bicyclic) bond motifs is 5. The monoisotopic (exact) mass is 400 g/mol. The summed E-state index contributed by atoms with van der Waals surface area (Å²) in [5, 5.41) is 11.3. The van der Waals surface area contributed by atoms with Crippen molar-refractivity contribution in [2.24, 2.45) is 46.3 Å². The van der Waals surface area contributed by atoms with Crippen LogP contribution in [0.5, 0.6) is 0 Å². The molecule has 0 radical (unpaired) electrons. The molecule has 2 nitrogen and oxygen atoms in total. The molecule has 164 valence electrons. The maximum atomic E-state index is 12.0. The highest BCUT2D eigenvalue weighted by Crippen LogP contribution is 2.67. The van der Waals surface area contributed by atoms with E-state index < -0.39 is 0 Å². The van der Waals surface area contributed by atoms with Crippen molar-refractivity contribution in [2.75, 3.05) is 0 Å². The molecule has 0 aromatic rings. The van der Waals surface area contributed by atoms with Gasteiger partial charge in [0.1, 0.15) is 0 Å². The summed E-state index contributed by atoms with van der Waals surface area (Å²) in [6.07, 6.45) is 13.4. The molecule has 0 amide bonds. The van der Waals surface area contributed by atoms with Gasteiger partial charge in [-0.1, -0.05) is 59.5 Å². The molecular formula is C27H44O2. The molecular weight excluding hydrogens is 356 g/mol. The highest BCUT2D eigenvalue weighted by Gasteiger charge is 2.61. The number of hydrogen-bond acceptors (Lipinski definition) is 2. The predicted molar refractivity (Wildman–Crippen MR) is 119 cm³/mol. The van der Waals surface area contributed by atoms with Crippen LogP contribution in [0, 0.1) is 46.3 Å². The number of ketones is 1. The summed E-state index contributed by atoms with van der Waals surface area (Å²) < 4.78 is 0. The molecule has 0 bridgehead atoms. The summed E-state index contributed by atoms with van der Waals surface area (Å²) in [5.74, 6) is 4.40. The second kappa shape index (κ2) is 7.81. The Morgan fingerprint density at radius 3 is 2.55 bits per heavy atom. The molecule has 3 fully saturated rings. The molecule has 0 saturated heterocycles. The Labute approximate surface area is 178 Å². The lowest BCUT2D eigenvalue weighted by atomic mass is 9.45. The van der Waals surface area contributed by atoms with E-state index in [1.807, 2.05) is 6.08 Å². The first kappa shape index (κ1) is 21.6. The van der Waals surface area contributed by atoms with E-state index in [-0.39, 0.29) is 17.3 Å². The molecule has 29 heavy (non-hydrogen) atoms. The van der Waals surface area contributed by atoms with E-state index in [2.05, 4.69) is 34.6 Å². The zero-order chi connectivity index (χ0) is 21.0. The molecule has 0 unspecified atom stereocenters. The van der Waals surface area contributed by atoms with Crippen molar-refractivity contribution in [3.05, 3.63) is 11.6 Å². The van der Waals surface area contributed by atoms with Crippen LogP contribution >= 0.6 is 0 Å². The van der Waals surface area contributed by atoms with Crippen LogP contribution in [0.4, 0.5) is 0 Å². The highest BCUT2D eigenvalue weighted by atomic mass is 16.3. The summed E-state index contributed by atoms with van der Waals surface area (Å²) in [5.41, 5.74) is 1.82. The largest absolute Gasteiger partial charge is 0.392 e. The molecule has 1 N–H and O–H groups in total. The quantitative estimate of drug-likeness (QED) is 0.567. The molecule has 4 aliphatic carbocycles. The van der Waals surface area contributed by atoms with Gasteiger partial charge in [-0.3, -0.25) is 4.79 Å². The average Bonchev–Trinajstić information content (AvgIpc) is 3.00. The molecule has 0 heterocycles. The first-order valence-electron chi connectivity index (χ1n) is 12.6. The Bertz CT molecular complexity index is 663. The molecule has 0 aromatic carbocycles. The maximum Gasteiger partial charge on any atom is 0.155 e. The van der Waals surface area contributed by atoms with Crippen LogP contribution in [-0.4, -0.2) is 17.0 Å². The molecule has 8 atom stereocenters. The molecule has 0 aromatic heterocycles. The number of aliphatic hydroxyl groups excluding tert-OH is 1. The normalized spacial score (nSPS) is 45.4. The number of carbonyl (C=O) groups excluding carboxylic acids is 1. The smallest absolute Gasteiger partial charge is 0.155 e. The summed E-state index contributed by atoms with van der Waals surface area (Å²) in [4.78, 5) is 12.0. The second-order valence-corrected chi connectivity index (χ2v) is 12.1. The maximum absolute atomic E-state index is 12.0. The minimum Gasteiger partial charge on any atom is -0.392 e. The van der Waals surface area contributed by atoms with Crippen LogP contribution in [0.15, 0.2) is 11.6 Å². The van der Waals surface area contributed by atoms with Crippen molar-refractivity contribution in [2.45, 2.75) is 105 Å². The van der Waals surface area contributed by atoms with E-state index >= 15 is 0 Å². The Balaban J connectivity index is 1.54. The number of aliphatic hydroxyl groups is 1. The van der Waals surface area contributed by atoms with Crippen LogP contribution in [0.25, 0.3) is 0 Å². The van der Waals surface area contributed by atoms with Crippen molar-refractivity contribution in [1.82, 2.24) is 0 Å². The number of rotatable bonds is 5. The fourth-order valence-corrected chi connectivity index (χ4v) is 8.55. The van der Waals surface area contributed by atoms with Gasteiger partial charge in [0.25, 0.3) is 0 Å². The zero-order valence-electron chi connectivity index (χ0n) is 19.5. The Morgan fingerprint density at radius 1 is 1.07 bits per heavy atom. The first-order valence-corrected chi connectivity index (χ1v) is 12.6.